The van der Waals surface area contributed by atoms with Gasteiger partial charge >= 0.3 is 0 Å². The molecule has 0 amide bonds. The Labute approximate surface area is 86.0 Å². The summed E-state index contributed by atoms with van der Waals surface area (Å²) < 4.78 is 11.5. The first kappa shape index (κ1) is 9.19. The Balaban J connectivity index is 2.25. The molecule has 1 aliphatic rings. The number of hydrogen-bond donors (Lipinski definition) is 0. The third-order valence-electron chi connectivity index (χ3n) is 2.23. The van der Waals surface area contributed by atoms with Gasteiger partial charge in [0.25, 0.3) is 0 Å². The number of aryl methyl sites for hydroxylation is 1. The van der Waals surface area contributed by atoms with Crippen LogP contribution in [0.15, 0.2) is 22.7 Å². The maximum Gasteiger partial charge on any atom is 0.188 e. The molecule has 70 valence electrons. The molecule has 13 heavy (non-hydrogen) atoms. The molecule has 2 nitrogen and oxygen atoms in total. The van der Waals surface area contributed by atoms with Crippen molar-refractivity contribution in [2.45, 2.75) is 19.3 Å². The largest absolute Gasteiger partial charge is 0.353 e. The summed E-state index contributed by atoms with van der Waals surface area (Å²) in [5.74, 6) is 0. The predicted octanol–water partition coefficient (Wildman–Crippen LogP) is 2.80. The standard InChI is InChI=1S/C10H11BrO2/c1-6-3-4-7(11)5-8(6)9-10(12-2)13-9/h3-5,9-10H,1-2H3. The number of ether oxygens (including phenoxy) is 2. The average Bonchev–Trinajstić information content (AvgIpc) is 2.88. The SMILES string of the molecule is COC1OC1c1cc(Br)ccc1C. The van der Waals surface area contributed by atoms with Gasteiger partial charge in [-0.3, -0.25) is 0 Å². The lowest BCUT2D eigenvalue weighted by Gasteiger charge is -2.02. The van der Waals surface area contributed by atoms with E-state index in [1.807, 2.05) is 6.07 Å². The second kappa shape index (κ2) is 3.40. The van der Waals surface area contributed by atoms with E-state index in [0.29, 0.717) is 0 Å². The number of halogens is 1. The summed E-state index contributed by atoms with van der Waals surface area (Å²) >= 11 is 3.44. The molecule has 0 aromatic heterocycles. The highest BCUT2D eigenvalue weighted by molar-refractivity contribution is 9.10. The fourth-order valence-corrected chi connectivity index (χ4v) is 1.79. The molecule has 1 fully saturated rings. The Hall–Kier alpha value is -0.380. The second-order valence-corrected chi connectivity index (χ2v) is 4.08. The fourth-order valence-electron chi connectivity index (χ4n) is 1.42. The third kappa shape index (κ3) is 1.77. The lowest BCUT2D eigenvalue weighted by atomic mass is 10.1. The topological polar surface area (TPSA) is 21.8 Å². The Morgan fingerprint density at radius 3 is 2.85 bits per heavy atom. The van der Waals surface area contributed by atoms with Crippen molar-refractivity contribution < 1.29 is 9.47 Å². The van der Waals surface area contributed by atoms with E-state index in [0.717, 1.165) is 4.47 Å². The van der Waals surface area contributed by atoms with Crippen LogP contribution in [-0.4, -0.2) is 13.4 Å². The Morgan fingerprint density at radius 1 is 1.46 bits per heavy atom. The Morgan fingerprint density at radius 2 is 2.23 bits per heavy atom. The molecular formula is C10H11BrO2. The van der Waals surface area contributed by atoms with E-state index in [9.17, 15) is 0 Å². The zero-order valence-electron chi connectivity index (χ0n) is 7.58. The average molecular weight is 243 g/mol. The van der Waals surface area contributed by atoms with Gasteiger partial charge in [0.1, 0.15) is 6.10 Å². The van der Waals surface area contributed by atoms with Crippen molar-refractivity contribution in [2.75, 3.05) is 7.11 Å². The van der Waals surface area contributed by atoms with E-state index >= 15 is 0 Å². The minimum atomic E-state index is -0.0481. The van der Waals surface area contributed by atoms with Crippen molar-refractivity contribution in [1.29, 1.82) is 0 Å². The zero-order chi connectivity index (χ0) is 9.42. The maximum atomic E-state index is 5.34. The molecule has 0 bridgehead atoms. The number of epoxide rings is 1. The van der Waals surface area contributed by atoms with Crippen LogP contribution < -0.4 is 0 Å². The molecule has 1 heterocycles. The van der Waals surface area contributed by atoms with Crippen LogP contribution in [0.25, 0.3) is 0 Å². The molecule has 3 heteroatoms. The first-order valence-corrected chi connectivity index (χ1v) is 4.96. The predicted molar refractivity (Wildman–Crippen MR) is 53.5 cm³/mol. The molecular weight excluding hydrogens is 232 g/mol. The highest BCUT2D eigenvalue weighted by Gasteiger charge is 2.41. The zero-order valence-corrected chi connectivity index (χ0v) is 9.17. The van der Waals surface area contributed by atoms with Crippen LogP contribution in [0.4, 0.5) is 0 Å². The molecule has 0 spiro atoms. The van der Waals surface area contributed by atoms with Gasteiger partial charge < -0.3 is 9.47 Å². The molecule has 2 unspecified atom stereocenters. The van der Waals surface area contributed by atoms with Gasteiger partial charge in [0.05, 0.1) is 0 Å². The summed E-state index contributed by atoms with van der Waals surface area (Å²) in [6.45, 7) is 2.08. The van der Waals surface area contributed by atoms with E-state index in [-0.39, 0.29) is 12.4 Å². The molecule has 0 aliphatic carbocycles. The molecule has 2 atom stereocenters. The van der Waals surface area contributed by atoms with Gasteiger partial charge in [-0.1, -0.05) is 22.0 Å². The van der Waals surface area contributed by atoms with E-state index in [1.54, 1.807) is 7.11 Å². The van der Waals surface area contributed by atoms with Crippen molar-refractivity contribution >= 4 is 15.9 Å². The lowest BCUT2D eigenvalue weighted by Crippen LogP contribution is -1.93. The summed E-state index contributed by atoms with van der Waals surface area (Å²) in [5.41, 5.74) is 2.45. The van der Waals surface area contributed by atoms with E-state index in [4.69, 9.17) is 9.47 Å². The van der Waals surface area contributed by atoms with Crippen molar-refractivity contribution in [3.05, 3.63) is 33.8 Å². The molecule has 0 N–H and O–H groups in total. The van der Waals surface area contributed by atoms with Crippen molar-refractivity contribution in [1.82, 2.24) is 0 Å². The van der Waals surface area contributed by atoms with Crippen LogP contribution in [0.3, 0.4) is 0 Å². The molecule has 2 rings (SSSR count). The van der Waals surface area contributed by atoms with Gasteiger partial charge in [-0.15, -0.1) is 0 Å². The van der Waals surface area contributed by atoms with Crippen LogP contribution in [-0.2, 0) is 9.47 Å². The fraction of sp³-hybridized carbons (Fsp3) is 0.400. The van der Waals surface area contributed by atoms with E-state index in [1.165, 1.54) is 11.1 Å². The number of hydrogen-bond acceptors (Lipinski definition) is 2. The highest BCUT2D eigenvalue weighted by Crippen LogP contribution is 2.41. The number of benzene rings is 1. The molecule has 1 saturated heterocycles. The van der Waals surface area contributed by atoms with Crippen LogP contribution in [0.1, 0.15) is 17.2 Å². The summed E-state index contributed by atoms with van der Waals surface area (Å²) in [6.07, 6.45) is 0.0792. The van der Waals surface area contributed by atoms with Gasteiger partial charge in [-0.25, -0.2) is 0 Å². The first-order valence-electron chi connectivity index (χ1n) is 4.16. The minimum absolute atomic E-state index is 0.0481. The number of methoxy groups -OCH3 is 1. The van der Waals surface area contributed by atoms with Crippen molar-refractivity contribution in [2.24, 2.45) is 0 Å². The van der Waals surface area contributed by atoms with Gasteiger partial charge in [0.2, 0.25) is 0 Å². The third-order valence-corrected chi connectivity index (χ3v) is 2.72. The van der Waals surface area contributed by atoms with Gasteiger partial charge in [0.15, 0.2) is 6.29 Å². The van der Waals surface area contributed by atoms with E-state index in [2.05, 4.69) is 35.0 Å². The van der Waals surface area contributed by atoms with Gasteiger partial charge in [0, 0.05) is 11.6 Å². The summed E-state index contributed by atoms with van der Waals surface area (Å²) in [7, 11) is 1.66. The quantitative estimate of drug-likeness (QED) is 0.745. The summed E-state index contributed by atoms with van der Waals surface area (Å²) in [6, 6.07) is 6.19. The molecule has 1 aliphatic heterocycles. The van der Waals surface area contributed by atoms with Crippen LogP contribution in [0.5, 0.6) is 0 Å². The lowest BCUT2D eigenvalue weighted by molar-refractivity contribution is 0.0950. The highest BCUT2D eigenvalue weighted by atomic mass is 79.9. The molecule has 1 aromatic rings. The van der Waals surface area contributed by atoms with Crippen LogP contribution in [0, 0.1) is 6.92 Å². The molecule has 0 radical (unpaired) electrons. The second-order valence-electron chi connectivity index (χ2n) is 3.16. The van der Waals surface area contributed by atoms with Crippen molar-refractivity contribution in [3.63, 3.8) is 0 Å². The van der Waals surface area contributed by atoms with Gasteiger partial charge in [-0.2, -0.15) is 0 Å². The smallest absolute Gasteiger partial charge is 0.188 e. The van der Waals surface area contributed by atoms with Gasteiger partial charge in [-0.05, 0) is 30.2 Å². The minimum Gasteiger partial charge on any atom is -0.353 e. The van der Waals surface area contributed by atoms with Crippen LogP contribution in [0.2, 0.25) is 0 Å². The van der Waals surface area contributed by atoms with Crippen molar-refractivity contribution in [3.8, 4) is 0 Å². The normalized spacial score (nSPS) is 26.1. The summed E-state index contributed by atoms with van der Waals surface area (Å²) in [4.78, 5) is 0. The molecule has 0 saturated carbocycles. The first-order chi connectivity index (χ1) is 6.22. The molecule has 1 aromatic carbocycles. The Kier molecular flexibility index (Phi) is 2.41. The monoisotopic (exact) mass is 242 g/mol. The van der Waals surface area contributed by atoms with Crippen LogP contribution >= 0.6 is 15.9 Å². The Bertz CT molecular complexity index is 325. The maximum absolute atomic E-state index is 5.34. The summed E-state index contributed by atoms with van der Waals surface area (Å²) in [5, 5.41) is 0. The van der Waals surface area contributed by atoms with E-state index < -0.39 is 0 Å². The number of rotatable bonds is 2.